The van der Waals surface area contributed by atoms with Gasteiger partial charge in [0.05, 0.1) is 12.4 Å². The molecule has 0 aliphatic rings. The summed E-state index contributed by atoms with van der Waals surface area (Å²) >= 11 is 0. The van der Waals surface area contributed by atoms with Gasteiger partial charge in [-0.05, 0) is 18.8 Å². The van der Waals surface area contributed by atoms with Crippen LogP contribution in [0.4, 0.5) is 0 Å². The van der Waals surface area contributed by atoms with Crippen LogP contribution in [0.15, 0.2) is 12.5 Å². The second-order valence-corrected chi connectivity index (χ2v) is 8.55. The van der Waals surface area contributed by atoms with E-state index >= 15 is 0 Å². The molecule has 1 aromatic heterocycles. The molecule has 0 aromatic carbocycles. The number of H-pyrrole nitrogens is 1. The van der Waals surface area contributed by atoms with Crippen LogP contribution in [0.25, 0.3) is 0 Å². The van der Waals surface area contributed by atoms with E-state index in [0.29, 0.717) is 12.1 Å². The summed E-state index contributed by atoms with van der Waals surface area (Å²) in [5, 5.41) is 26.7. The van der Waals surface area contributed by atoms with E-state index < -0.39 is 54.0 Å². The molecule has 3 amide bonds. The minimum atomic E-state index is -1.23. The molecule has 12 nitrogen and oxygen atoms in total. The van der Waals surface area contributed by atoms with Crippen LogP contribution in [0.3, 0.4) is 0 Å². The molecule has 0 spiro atoms. The van der Waals surface area contributed by atoms with E-state index in [1.165, 1.54) is 19.4 Å². The van der Waals surface area contributed by atoms with Crippen molar-refractivity contribution in [1.82, 2.24) is 25.9 Å². The first-order chi connectivity index (χ1) is 15.4. The lowest BCUT2D eigenvalue weighted by Gasteiger charge is -2.29. The number of hydrogen-bond acceptors (Lipinski definition) is 7. The number of aliphatic hydroxyl groups is 1. The molecular weight excluding hydrogens is 432 g/mol. The average molecular weight is 469 g/mol. The first-order valence-electron chi connectivity index (χ1n) is 10.9. The van der Waals surface area contributed by atoms with Crippen LogP contribution in [0.5, 0.6) is 0 Å². The highest BCUT2D eigenvalue weighted by molar-refractivity contribution is 5.94. The number of nitrogens with two attached hydrogens (primary N) is 1. The van der Waals surface area contributed by atoms with Crippen molar-refractivity contribution in [2.45, 2.75) is 77.7 Å². The molecule has 0 saturated carbocycles. The summed E-state index contributed by atoms with van der Waals surface area (Å²) < 4.78 is 0. The smallest absolute Gasteiger partial charge is 0.326 e. The summed E-state index contributed by atoms with van der Waals surface area (Å²) in [5.41, 5.74) is 6.18. The fourth-order valence-electron chi connectivity index (χ4n) is 3.03. The van der Waals surface area contributed by atoms with Crippen LogP contribution in [0.2, 0.25) is 0 Å². The number of imidazole rings is 1. The van der Waals surface area contributed by atoms with Gasteiger partial charge < -0.3 is 36.9 Å². The molecule has 6 unspecified atom stereocenters. The van der Waals surface area contributed by atoms with E-state index in [2.05, 4.69) is 25.9 Å². The van der Waals surface area contributed by atoms with Gasteiger partial charge in [0, 0.05) is 18.3 Å². The number of carboxylic acids is 1. The molecule has 12 heteroatoms. The standard InChI is InChI=1S/C21H36N6O6/c1-6-11(4)17(20(31)25-14(21(32)33)7-13-8-23-9-24-13)27-19(30)16(10(2)3)26-18(29)15(22)12(5)28/h8-12,14-17,28H,6-7,22H2,1-5H3,(H,23,24)(H,25,31)(H,26,29)(H,27,30)(H,32,33). The van der Waals surface area contributed by atoms with Gasteiger partial charge in [0.1, 0.15) is 24.2 Å². The Kier molecular flexibility index (Phi) is 11.0. The molecule has 0 saturated heterocycles. The Hall–Kier alpha value is -2.99. The summed E-state index contributed by atoms with van der Waals surface area (Å²) in [5.74, 6) is -3.86. The van der Waals surface area contributed by atoms with Crippen LogP contribution in [0.1, 0.15) is 46.7 Å². The summed E-state index contributed by atoms with van der Waals surface area (Å²) in [7, 11) is 0. The monoisotopic (exact) mass is 468 g/mol. The fraction of sp³-hybridized carbons (Fsp3) is 0.667. The number of aromatic nitrogens is 2. The highest BCUT2D eigenvalue weighted by atomic mass is 16.4. The van der Waals surface area contributed by atoms with Gasteiger partial charge in [-0.25, -0.2) is 9.78 Å². The third kappa shape index (κ3) is 8.46. The van der Waals surface area contributed by atoms with Gasteiger partial charge >= 0.3 is 5.97 Å². The largest absolute Gasteiger partial charge is 0.480 e. The summed E-state index contributed by atoms with van der Waals surface area (Å²) in [4.78, 5) is 56.5. The third-order valence-electron chi connectivity index (χ3n) is 5.46. The van der Waals surface area contributed by atoms with Gasteiger partial charge in [0.15, 0.2) is 0 Å². The van der Waals surface area contributed by atoms with E-state index in [0.717, 1.165) is 0 Å². The molecule has 0 aliphatic heterocycles. The Morgan fingerprint density at radius 2 is 1.61 bits per heavy atom. The Labute approximate surface area is 193 Å². The topological polar surface area (TPSA) is 200 Å². The van der Waals surface area contributed by atoms with Crippen molar-refractivity contribution >= 4 is 23.7 Å². The molecule has 0 bridgehead atoms. The minimum absolute atomic E-state index is 0.00977. The lowest BCUT2D eigenvalue weighted by Crippen LogP contribution is -2.60. The SMILES string of the molecule is CCC(C)C(NC(=O)C(NC(=O)C(N)C(C)O)C(C)C)C(=O)NC(Cc1cnc[nH]1)C(=O)O. The van der Waals surface area contributed by atoms with Crippen molar-refractivity contribution in [3.8, 4) is 0 Å². The predicted molar refractivity (Wildman–Crippen MR) is 120 cm³/mol. The second kappa shape index (κ2) is 12.9. The molecule has 1 rings (SSSR count). The van der Waals surface area contributed by atoms with Crippen LogP contribution in [0, 0.1) is 11.8 Å². The van der Waals surface area contributed by atoms with Crippen LogP contribution >= 0.6 is 0 Å². The van der Waals surface area contributed by atoms with E-state index in [1.807, 2.05) is 6.92 Å². The zero-order valence-electron chi connectivity index (χ0n) is 19.7. The van der Waals surface area contributed by atoms with E-state index in [4.69, 9.17) is 5.73 Å². The zero-order valence-corrected chi connectivity index (χ0v) is 19.7. The van der Waals surface area contributed by atoms with E-state index in [1.54, 1.807) is 20.8 Å². The maximum Gasteiger partial charge on any atom is 0.326 e. The first kappa shape index (κ1) is 28.0. The minimum Gasteiger partial charge on any atom is -0.480 e. The lowest BCUT2D eigenvalue weighted by molar-refractivity contribution is -0.142. The number of aliphatic hydroxyl groups excluding tert-OH is 1. The van der Waals surface area contributed by atoms with Gasteiger partial charge in [-0.15, -0.1) is 0 Å². The van der Waals surface area contributed by atoms with Gasteiger partial charge in [-0.3, -0.25) is 14.4 Å². The van der Waals surface area contributed by atoms with Crippen LogP contribution < -0.4 is 21.7 Å². The van der Waals surface area contributed by atoms with E-state index in [-0.39, 0.29) is 18.3 Å². The quantitative estimate of drug-likeness (QED) is 0.189. The normalized spacial score (nSPS) is 16.7. The number of hydrogen-bond donors (Lipinski definition) is 7. The Morgan fingerprint density at radius 3 is 2.06 bits per heavy atom. The Balaban J connectivity index is 2.98. The molecule has 8 N–H and O–H groups in total. The Morgan fingerprint density at radius 1 is 1.03 bits per heavy atom. The van der Waals surface area contributed by atoms with Crippen molar-refractivity contribution < 1.29 is 29.4 Å². The molecule has 186 valence electrons. The number of aromatic amines is 1. The van der Waals surface area contributed by atoms with Crippen molar-refractivity contribution in [3.05, 3.63) is 18.2 Å². The van der Waals surface area contributed by atoms with Crippen LogP contribution in [-0.4, -0.2) is 74.1 Å². The number of nitrogens with zero attached hydrogens (tertiary/aromatic N) is 1. The zero-order chi connectivity index (χ0) is 25.3. The van der Waals surface area contributed by atoms with Crippen molar-refractivity contribution in [2.24, 2.45) is 17.6 Å². The average Bonchev–Trinajstić information content (AvgIpc) is 3.26. The van der Waals surface area contributed by atoms with Gasteiger partial charge in [-0.2, -0.15) is 0 Å². The maximum absolute atomic E-state index is 13.0. The summed E-state index contributed by atoms with van der Waals surface area (Å²) in [6.07, 6.45) is 2.28. The molecule has 6 atom stereocenters. The Bertz CT molecular complexity index is 797. The van der Waals surface area contributed by atoms with Gasteiger partial charge in [-0.1, -0.05) is 34.1 Å². The molecule has 0 aliphatic carbocycles. The molecule has 0 fully saturated rings. The number of carbonyl (C=O) groups is 4. The molecule has 1 aromatic rings. The molecule has 1 heterocycles. The number of rotatable bonds is 13. The highest BCUT2D eigenvalue weighted by Gasteiger charge is 2.34. The number of aliphatic carboxylic acids is 1. The maximum atomic E-state index is 13.0. The van der Waals surface area contributed by atoms with Gasteiger partial charge in [0.25, 0.3) is 0 Å². The molecule has 0 radical (unpaired) electrons. The van der Waals surface area contributed by atoms with E-state index in [9.17, 15) is 29.4 Å². The molecule has 33 heavy (non-hydrogen) atoms. The van der Waals surface area contributed by atoms with Crippen LogP contribution in [-0.2, 0) is 25.6 Å². The fourth-order valence-corrected chi connectivity index (χ4v) is 3.03. The third-order valence-corrected chi connectivity index (χ3v) is 5.46. The number of carboxylic acid groups (broad SMARTS) is 1. The van der Waals surface area contributed by atoms with Crippen molar-refractivity contribution in [3.63, 3.8) is 0 Å². The highest BCUT2D eigenvalue weighted by Crippen LogP contribution is 2.11. The lowest BCUT2D eigenvalue weighted by atomic mass is 9.95. The molecular formula is C21H36N6O6. The summed E-state index contributed by atoms with van der Waals surface area (Å²) in [6.45, 7) is 8.37. The summed E-state index contributed by atoms with van der Waals surface area (Å²) in [6, 6.07) is -4.49. The first-order valence-corrected chi connectivity index (χ1v) is 10.9. The van der Waals surface area contributed by atoms with Gasteiger partial charge in [0.2, 0.25) is 17.7 Å². The van der Waals surface area contributed by atoms with Crippen molar-refractivity contribution in [1.29, 1.82) is 0 Å². The van der Waals surface area contributed by atoms with Crippen molar-refractivity contribution in [2.75, 3.05) is 0 Å². The second-order valence-electron chi connectivity index (χ2n) is 8.55. The predicted octanol–water partition coefficient (Wildman–Crippen LogP) is -1.10. The number of amides is 3. The number of carbonyl (C=O) groups excluding carboxylic acids is 3. The number of nitrogens with one attached hydrogen (secondary N) is 4.